The van der Waals surface area contributed by atoms with E-state index in [4.69, 9.17) is 0 Å². The molecule has 0 radical (unpaired) electrons. The Bertz CT molecular complexity index is 970. The van der Waals surface area contributed by atoms with Crippen molar-refractivity contribution in [3.63, 3.8) is 0 Å². The standard InChI is InChI=1S/C20H22N4O2/c1-14-9-11-16(12-10-14)13-21-19(25)22-18-15(2)24(20(26)23(18)3)17-7-5-4-6-8-17/h4-12H,13H2,1-3H3,(H2,21,22,25). The molecule has 0 unspecified atom stereocenters. The fraction of sp³-hybridized carbons (Fsp3) is 0.200. The fourth-order valence-electron chi connectivity index (χ4n) is 2.83. The zero-order chi connectivity index (χ0) is 18.7. The molecule has 0 spiro atoms. The third kappa shape index (κ3) is 3.54. The van der Waals surface area contributed by atoms with Gasteiger partial charge in [-0.3, -0.25) is 14.5 Å². The second-order valence-corrected chi connectivity index (χ2v) is 6.24. The van der Waals surface area contributed by atoms with E-state index in [0.29, 0.717) is 18.1 Å². The van der Waals surface area contributed by atoms with Gasteiger partial charge in [-0.1, -0.05) is 48.0 Å². The van der Waals surface area contributed by atoms with Crippen molar-refractivity contribution < 1.29 is 4.79 Å². The summed E-state index contributed by atoms with van der Waals surface area (Å²) in [6.45, 7) is 4.24. The quantitative estimate of drug-likeness (QED) is 0.759. The third-order valence-electron chi connectivity index (χ3n) is 4.31. The number of nitrogens with zero attached hydrogens (tertiary/aromatic N) is 2. The summed E-state index contributed by atoms with van der Waals surface area (Å²) in [5.74, 6) is 0.472. The number of aryl methyl sites for hydroxylation is 1. The lowest BCUT2D eigenvalue weighted by Gasteiger charge is -2.09. The third-order valence-corrected chi connectivity index (χ3v) is 4.31. The van der Waals surface area contributed by atoms with Crippen molar-refractivity contribution in [1.29, 1.82) is 0 Å². The Balaban J connectivity index is 1.76. The van der Waals surface area contributed by atoms with Crippen LogP contribution < -0.4 is 16.3 Å². The van der Waals surface area contributed by atoms with E-state index < -0.39 is 0 Å². The highest BCUT2D eigenvalue weighted by molar-refractivity contribution is 5.89. The van der Waals surface area contributed by atoms with Crippen LogP contribution in [0, 0.1) is 13.8 Å². The van der Waals surface area contributed by atoms with Crippen molar-refractivity contribution in [1.82, 2.24) is 14.5 Å². The summed E-state index contributed by atoms with van der Waals surface area (Å²) >= 11 is 0. The van der Waals surface area contributed by atoms with E-state index in [1.165, 1.54) is 10.1 Å². The number of para-hydroxylation sites is 1. The Morgan fingerprint density at radius 3 is 2.31 bits per heavy atom. The molecule has 0 aliphatic rings. The summed E-state index contributed by atoms with van der Waals surface area (Å²) in [6, 6.07) is 17.0. The molecule has 2 aromatic carbocycles. The van der Waals surface area contributed by atoms with Gasteiger partial charge in [0.1, 0.15) is 5.82 Å². The van der Waals surface area contributed by atoms with E-state index >= 15 is 0 Å². The van der Waals surface area contributed by atoms with Crippen molar-refractivity contribution in [2.75, 3.05) is 5.32 Å². The van der Waals surface area contributed by atoms with Crippen molar-refractivity contribution in [2.45, 2.75) is 20.4 Å². The van der Waals surface area contributed by atoms with Gasteiger partial charge in [0.2, 0.25) is 0 Å². The molecule has 2 amide bonds. The van der Waals surface area contributed by atoms with Gasteiger partial charge in [-0.2, -0.15) is 0 Å². The Kier molecular flexibility index (Phi) is 4.93. The minimum Gasteiger partial charge on any atom is -0.334 e. The number of hydrogen-bond donors (Lipinski definition) is 2. The Hall–Kier alpha value is -3.28. The molecule has 0 fully saturated rings. The SMILES string of the molecule is Cc1ccc(CNC(=O)Nc2c(C)n(-c3ccccc3)c(=O)n2C)cc1. The predicted octanol–water partition coefficient (Wildman–Crippen LogP) is 3.11. The van der Waals surface area contributed by atoms with Crippen LogP contribution in [0.4, 0.5) is 10.6 Å². The van der Waals surface area contributed by atoms with Crippen LogP contribution in [-0.2, 0) is 13.6 Å². The molecule has 0 saturated heterocycles. The highest BCUT2D eigenvalue weighted by atomic mass is 16.2. The maximum absolute atomic E-state index is 12.6. The first-order valence-electron chi connectivity index (χ1n) is 8.41. The second kappa shape index (κ2) is 7.31. The van der Waals surface area contributed by atoms with E-state index in [0.717, 1.165) is 11.3 Å². The Morgan fingerprint density at radius 2 is 1.65 bits per heavy atom. The zero-order valence-corrected chi connectivity index (χ0v) is 15.1. The molecule has 0 aliphatic heterocycles. The second-order valence-electron chi connectivity index (χ2n) is 6.24. The van der Waals surface area contributed by atoms with Gasteiger partial charge in [0.25, 0.3) is 0 Å². The van der Waals surface area contributed by atoms with E-state index in [-0.39, 0.29) is 11.7 Å². The van der Waals surface area contributed by atoms with Gasteiger partial charge in [-0.15, -0.1) is 0 Å². The number of urea groups is 1. The highest BCUT2D eigenvalue weighted by Crippen LogP contribution is 2.16. The molecule has 6 nitrogen and oxygen atoms in total. The van der Waals surface area contributed by atoms with Crippen LogP contribution in [0.25, 0.3) is 5.69 Å². The highest BCUT2D eigenvalue weighted by Gasteiger charge is 2.17. The maximum atomic E-state index is 12.6. The molecular weight excluding hydrogens is 328 g/mol. The summed E-state index contributed by atoms with van der Waals surface area (Å²) in [6.07, 6.45) is 0. The molecule has 1 aromatic heterocycles. The smallest absolute Gasteiger partial charge is 0.334 e. The van der Waals surface area contributed by atoms with Gasteiger partial charge >= 0.3 is 11.7 Å². The number of carbonyl (C=O) groups excluding carboxylic acids is 1. The van der Waals surface area contributed by atoms with Crippen LogP contribution in [0.5, 0.6) is 0 Å². The molecular formula is C20H22N4O2. The first-order valence-corrected chi connectivity index (χ1v) is 8.41. The number of hydrogen-bond acceptors (Lipinski definition) is 2. The molecule has 1 heterocycles. The molecule has 0 saturated carbocycles. The lowest BCUT2D eigenvalue weighted by Crippen LogP contribution is -2.30. The summed E-state index contributed by atoms with van der Waals surface area (Å²) in [5, 5.41) is 5.60. The van der Waals surface area contributed by atoms with Gasteiger partial charge < -0.3 is 5.32 Å². The number of rotatable bonds is 4. The largest absolute Gasteiger partial charge is 0.334 e. The molecule has 0 bridgehead atoms. The molecule has 2 N–H and O–H groups in total. The van der Waals surface area contributed by atoms with E-state index in [9.17, 15) is 9.59 Å². The summed E-state index contributed by atoms with van der Waals surface area (Å²) in [5.41, 5.74) is 3.42. The van der Waals surface area contributed by atoms with E-state index in [1.54, 1.807) is 11.6 Å². The van der Waals surface area contributed by atoms with E-state index in [2.05, 4.69) is 10.6 Å². The predicted molar refractivity (Wildman–Crippen MR) is 103 cm³/mol. The monoisotopic (exact) mass is 350 g/mol. The molecule has 3 rings (SSSR count). The van der Waals surface area contributed by atoms with Gasteiger partial charge in [-0.05, 0) is 31.5 Å². The van der Waals surface area contributed by atoms with Crippen molar-refractivity contribution in [2.24, 2.45) is 7.05 Å². The molecule has 0 aliphatic carbocycles. The van der Waals surface area contributed by atoms with E-state index in [1.807, 2.05) is 68.4 Å². The number of benzene rings is 2. The molecule has 0 atom stereocenters. The average Bonchev–Trinajstić information content (AvgIpc) is 2.85. The summed E-state index contributed by atoms with van der Waals surface area (Å²) in [4.78, 5) is 24.8. The minimum atomic E-state index is -0.352. The van der Waals surface area contributed by atoms with Gasteiger partial charge in [0, 0.05) is 13.6 Å². The summed E-state index contributed by atoms with van der Waals surface area (Å²) in [7, 11) is 1.64. The molecule has 134 valence electrons. The Labute approximate surface area is 152 Å². The van der Waals surface area contributed by atoms with Gasteiger partial charge in [0.05, 0.1) is 11.4 Å². The van der Waals surface area contributed by atoms with Crippen LogP contribution in [0.2, 0.25) is 0 Å². The molecule has 6 heteroatoms. The van der Waals surface area contributed by atoms with Crippen molar-refractivity contribution in [3.8, 4) is 5.69 Å². The Morgan fingerprint density at radius 1 is 1.00 bits per heavy atom. The summed E-state index contributed by atoms with van der Waals surface area (Å²) < 4.78 is 3.02. The van der Waals surface area contributed by atoms with Crippen molar-refractivity contribution in [3.05, 3.63) is 81.9 Å². The lowest BCUT2D eigenvalue weighted by molar-refractivity contribution is 0.251. The first-order chi connectivity index (χ1) is 12.5. The molecule has 3 aromatic rings. The number of carbonyl (C=O) groups is 1. The van der Waals surface area contributed by atoms with Crippen molar-refractivity contribution >= 4 is 11.8 Å². The number of nitrogens with one attached hydrogen (secondary N) is 2. The van der Waals surface area contributed by atoms with Crippen LogP contribution in [0.3, 0.4) is 0 Å². The van der Waals surface area contributed by atoms with Crippen LogP contribution in [0.15, 0.2) is 59.4 Å². The topological polar surface area (TPSA) is 68.1 Å². The number of amides is 2. The number of anilines is 1. The fourth-order valence-corrected chi connectivity index (χ4v) is 2.83. The minimum absolute atomic E-state index is 0.206. The first kappa shape index (κ1) is 17.5. The normalized spacial score (nSPS) is 10.6. The van der Waals surface area contributed by atoms with Crippen LogP contribution in [-0.4, -0.2) is 15.2 Å². The van der Waals surface area contributed by atoms with Crippen LogP contribution in [0.1, 0.15) is 16.8 Å². The maximum Gasteiger partial charge on any atom is 0.334 e. The van der Waals surface area contributed by atoms with Gasteiger partial charge in [-0.25, -0.2) is 9.59 Å². The number of aromatic nitrogens is 2. The lowest BCUT2D eigenvalue weighted by atomic mass is 10.1. The van der Waals surface area contributed by atoms with Crippen LogP contribution >= 0.6 is 0 Å². The van der Waals surface area contributed by atoms with Gasteiger partial charge in [0.15, 0.2) is 0 Å². The zero-order valence-electron chi connectivity index (χ0n) is 15.1. The average molecular weight is 350 g/mol. The number of imidazole rings is 1. The molecule has 26 heavy (non-hydrogen) atoms.